The van der Waals surface area contributed by atoms with E-state index < -0.39 is 12.7 Å². The van der Waals surface area contributed by atoms with Crippen LogP contribution in [-0.2, 0) is 13.6 Å². The van der Waals surface area contributed by atoms with Gasteiger partial charge in [-0.15, -0.1) is 0 Å². The van der Waals surface area contributed by atoms with Gasteiger partial charge in [-0.25, -0.2) is 4.79 Å². The lowest BCUT2D eigenvalue weighted by Gasteiger charge is -2.23. The molecule has 1 aromatic rings. The molecular formula is C13H20F3N5O. The number of urea groups is 1. The normalized spacial score (nSPS) is 17.4. The maximum Gasteiger partial charge on any atom is 0.401 e. The average Bonchev–Trinajstić information content (AvgIpc) is 2.69. The van der Waals surface area contributed by atoms with E-state index in [-0.39, 0.29) is 12.6 Å². The molecule has 0 bridgehead atoms. The number of amides is 2. The number of hydrogen-bond donors (Lipinski definition) is 1. The van der Waals surface area contributed by atoms with Crippen molar-refractivity contribution in [2.45, 2.75) is 19.1 Å². The van der Waals surface area contributed by atoms with E-state index in [1.165, 1.54) is 4.90 Å². The summed E-state index contributed by atoms with van der Waals surface area (Å²) in [6.07, 6.45) is -2.02. The van der Waals surface area contributed by atoms with Crippen molar-refractivity contribution in [2.75, 3.05) is 32.7 Å². The van der Waals surface area contributed by atoms with E-state index in [9.17, 15) is 18.0 Å². The van der Waals surface area contributed by atoms with Gasteiger partial charge in [0.05, 0.1) is 18.8 Å². The summed E-state index contributed by atoms with van der Waals surface area (Å²) in [5.41, 5.74) is 0.863. The lowest BCUT2D eigenvalue weighted by atomic mass is 10.4. The van der Waals surface area contributed by atoms with Crippen LogP contribution in [0.5, 0.6) is 0 Å². The molecule has 0 aromatic carbocycles. The van der Waals surface area contributed by atoms with Gasteiger partial charge in [0.25, 0.3) is 0 Å². The van der Waals surface area contributed by atoms with Gasteiger partial charge in [-0.05, 0) is 12.5 Å². The van der Waals surface area contributed by atoms with E-state index >= 15 is 0 Å². The largest absolute Gasteiger partial charge is 0.401 e. The highest BCUT2D eigenvalue weighted by Gasteiger charge is 2.31. The molecule has 0 radical (unpaired) electrons. The number of nitrogens with one attached hydrogen (secondary N) is 1. The Balaban J connectivity index is 1.80. The zero-order valence-electron chi connectivity index (χ0n) is 12.4. The topological polar surface area (TPSA) is 53.4 Å². The minimum absolute atomic E-state index is 0.235. The standard InChI is InChI=1S/C13H20F3N5O/c1-19-11(3-4-18-19)9-17-12(22)21-6-2-5-20(7-8-21)10-13(14,15)16/h3-4H,2,5-10H2,1H3,(H,17,22). The molecule has 0 aliphatic carbocycles. The molecule has 0 atom stereocenters. The van der Waals surface area contributed by atoms with E-state index in [4.69, 9.17) is 0 Å². The maximum atomic E-state index is 12.4. The zero-order chi connectivity index (χ0) is 16.2. The summed E-state index contributed by atoms with van der Waals surface area (Å²) in [6, 6.07) is 1.54. The number of alkyl halides is 3. The van der Waals surface area contributed by atoms with Gasteiger partial charge < -0.3 is 10.2 Å². The second-order valence-corrected chi connectivity index (χ2v) is 5.34. The minimum atomic E-state index is -4.20. The molecule has 6 nitrogen and oxygen atoms in total. The van der Waals surface area contributed by atoms with E-state index in [0.29, 0.717) is 32.6 Å². The van der Waals surface area contributed by atoms with Crippen LogP contribution in [0.25, 0.3) is 0 Å². The summed E-state index contributed by atoms with van der Waals surface area (Å²) in [4.78, 5) is 15.0. The van der Waals surface area contributed by atoms with Crippen molar-refractivity contribution in [1.29, 1.82) is 0 Å². The third-order valence-corrected chi connectivity index (χ3v) is 3.62. The fourth-order valence-electron chi connectivity index (χ4n) is 2.44. The van der Waals surface area contributed by atoms with Crippen molar-refractivity contribution in [1.82, 2.24) is 24.9 Å². The molecule has 1 aliphatic heterocycles. The number of aryl methyl sites for hydroxylation is 1. The van der Waals surface area contributed by atoms with Gasteiger partial charge >= 0.3 is 12.2 Å². The summed E-state index contributed by atoms with van der Waals surface area (Å²) in [7, 11) is 1.78. The molecule has 2 rings (SSSR count). The fraction of sp³-hybridized carbons (Fsp3) is 0.692. The van der Waals surface area contributed by atoms with Crippen molar-refractivity contribution >= 4 is 6.03 Å². The summed E-state index contributed by atoms with van der Waals surface area (Å²) in [6.45, 7) is 0.776. The van der Waals surface area contributed by atoms with Gasteiger partial charge in [-0.2, -0.15) is 18.3 Å². The molecule has 1 N–H and O–H groups in total. The molecule has 1 aromatic heterocycles. The van der Waals surface area contributed by atoms with E-state index in [2.05, 4.69) is 10.4 Å². The van der Waals surface area contributed by atoms with Crippen LogP contribution in [0.4, 0.5) is 18.0 Å². The van der Waals surface area contributed by atoms with Crippen molar-refractivity contribution in [3.05, 3.63) is 18.0 Å². The highest BCUT2D eigenvalue weighted by atomic mass is 19.4. The molecule has 1 aliphatic rings. The number of hydrogen-bond acceptors (Lipinski definition) is 3. The molecule has 9 heteroatoms. The Morgan fingerprint density at radius 2 is 2.09 bits per heavy atom. The monoisotopic (exact) mass is 319 g/mol. The summed E-state index contributed by atoms with van der Waals surface area (Å²) >= 11 is 0. The quantitative estimate of drug-likeness (QED) is 0.911. The maximum absolute atomic E-state index is 12.4. The van der Waals surface area contributed by atoms with Gasteiger partial charge in [0, 0.05) is 39.4 Å². The van der Waals surface area contributed by atoms with E-state index in [1.54, 1.807) is 28.9 Å². The molecule has 2 heterocycles. The molecule has 0 saturated carbocycles. The van der Waals surface area contributed by atoms with Crippen LogP contribution in [0.1, 0.15) is 12.1 Å². The van der Waals surface area contributed by atoms with Crippen LogP contribution >= 0.6 is 0 Å². The van der Waals surface area contributed by atoms with E-state index in [1.807, 2.05) is 0 Å². The number of rotatable bonds is 3. The Morgan fingerprint density at radius 1 is 1.32 bits per heavy atom. The molecular weight excluding hydrogens is 299 g/mol. The third kappa shape index (κ3) is 4.90. The molecule has 0 spiro atoms. The SMILES string of the molecule is Cn1nccc1CNC(=O)N1CCCN(CC(F)(F)F)CC1. The first-order valence-electron chi connectivity index (χ1n) is 7.14. The van der Waals surface area contributed by atoms with Crippen molar-refractivity contribution in [3.63, 3.8) is 0 Å². The lowest BCUT2D eigenvalue weighted by molar-refractivity contribution is -0.145. The third-order valence-electron chi connectivity index (χ3n) is 3.62. The van der Waals surface area contributed by atoms with Gasteiger partial charge in [0.2, 0.25) is 0 Å². The van der Waals surface area contributed by atoms with Crippen LogP contribution in [0.15, 0.2) is 12.3 Å². The molecule has 0 unspecified atom stereocenters. The van der Waals surface area contributed by atoms with Gasteiger partial charge in [-0.1, -0.05) is 0 Å². The second-order valence-electron chi connectivity index (χ2n) is 5.34. The Hall–Kier alpha value is -1.77. The minimum Gasteiger partial charge on any atom is -0.332 e. The van der Waals surface area contributed by atoms with Gasteiger partial charge in [0.15, 0.2) is 0 Å². The van der Waals surface area contributed by atoms with Crippen molar-refractivity contribution in [3.8, 4) is 0 Å². The number of carbonyl (C=O) groups is 1. The number of halogens is 3. The van der Waals surface area contributed by atoms with Crippen LogP contribution in [0, 0.1) is 0 Å². The molecule has 2 amide bonds. The number of nitrogens with zero attached hydrogens (tertiary/aromatic N) is 4. The van der Waals surface area contributed by atoms with Crippen LogP contribution < -0.4 is 5.32 Å². The smallest absolute Gasteiger partial charge is 0.332 e. The van der Waals surface area contributed by atoms with E-state index in [0.717, 1.165) is 5.69 Å². The highest BCUT2D eigenvalue weighted by Crippen LogP contribution is 2.17. The summed E-state index contributed by atoms with van der Waals surface area (Å²) in [5, 5.41) is 6.78. The predicted octanol–water partition coefficient (Wildman–Crippen LogP) is 1.20. The molecule has 1 fully saturated rings. The van der Waals surface area contributed by atoms with Crippen LogP contribution in [-0.4, -0.2) is 64.5 Å². The van der Waals surface area contributed by atoms with Crippen molar-refractivity contribution in [2.24, 2.45) is 7.05 Å². The average molecular weight is 319 g/mol. The Morgan fingerprint density at radius 3 is 2.73 bits per heavy atom. The fourth-order valence-corrected chi connectivity index (χ4v) is 2.44. The van der Waals surface area contributed by atoms with Crippen LogP contribution in [0.2, 0.25) is 0 Å². The molecule has 124 valence electrons. The first kappa shape index (κ1) is 16.6. The predicted molar refractivity (Wildman–Crippen MR) is 74.1 cm³/mol. The van der Waals surface area contributed by atoms with Gasteiger partial charge in [0.1, 0.15) is 0 Å². The number of aromatic nitrogens is 2. The highest BCUT2D eigenvalue weighted by molar-refractivity contribution is 5.74. The summed E-state index contributed by atoms with van der Waals surface area (Å²) < 4.78 is 38.9. The second kappa shape index (κ2) is 6.99. The Bertz CT molecular complexity index is 502. The zero-order valence-corrected chi connectivity index (χ0v) is 12.4. The first-order valence-corrected chi connectivity index (χ1v) is 7.14. The lowest BCUT2D eigenvalue weighted by Crippen LogP contribution is -2.42. The molecule has 22 heavy (non-hydrogen) atoms. The first-order chi connectivity index (χ1) is 10.3. The van der Waals surface area contributed by atoms with Crippen molar-refractivity contribution < 1.29 is 18.0 Å². The number of carbonyl (C=O) groups excluding carboxylic acids is 1. The van der Waals surface area contributed by atoms with Crippen LogP contribution in [0.3, 0.4) is 0 Å². The Kier molecular flexibility index (Phi) is 5.28. The Labute approximate surface area is 126 Å². The summed E-state index contributed by atoms with van der Waals surface area (Å²) in [5.74, 6) is 0. The molecule has 1 saturated heterocycles. The van der Waals surface area contributed by atoms with Gasteiger partial charge in [-0.3, -0.25) is 9.58 Å².